The lowest BCUT2D eigenvalue weighted by Gasteiger charge is -2.08. The molecule has 0 saturated carbocycles. The predicted molar refractivity (Wildman–Crippen MR) is 123 cm³/mol. The van der Waals surface area contributed by atoms with Crippen LogP contribution in [0, 0.1) is 0 Å². The molecule has 0 aliphatic heterocycles. The van der Waals surface area contributed by atoms with E-state index in [0.29, 0.717) is 0 Å². The van der Waals surface area contributed by atoms with Gasteiger partial charge in [0.2, 0.25) is 0 Å². The van der Waals surface area contributed by atoms with Gasteiger partial charge in [0.1, 0.15) is 28.0 Å². The Morgan fingerprint density at radius 1 is 0.581 bits per heavy atom. The van der Waals surface area contributed by atoms with E-state index in [1.165, 1.54) is 0 Å². The van der Waals surface area contributed by atoms with Crippen LogP contribution in [-0.2, 0) is 0 Å². The van der Waals surface area contributed by atoms with Gasteiger partial charge in [-0.25, -0.2) is 4.98 Å². The molecule has 5 heterocycles. The van der Waals surface area contributed by atoms with Crippen molar-refractivity contribution in [2.24, 2.45) is 0 Å². The van der Waals surface area contributed by atoms with Gasteiger partial charge in [-0.3, -0.25) is 9.38 Å². The molecular formula is C26H13N3O2. The number of fused-ring (bicyclic) bond motifs is 14. The molecule has 0 bridgehead atoms. The van der Waals surface area contributed by atoms with Crippen molar-refractivity contribution in [1.29, 1.82) is 0 Å². The Bertz CT molecular complexity index is 2010. The number of furan rings is 2. The molecule has 0 amide bonds. The van der Waals surface area contributed by atoms with Gasteiger partial charge in [0, 0.05) is 45.5 Å². The first-order chi connectivity index (χ1) is 15.4. The molecule has 0 aliphatic rings. The van der Waals surface area contributed by atoms with Crippen LogP contribution in [-0.4, -0.2) is 14.4 Å². The van der Waals surface area contributed by atoms with E-state index in [0.717, 1.165) is 71.3 Å². The largest absolute Gasteiger partial charge is 0.456 e. The molecule has 0 N–H and O–H groups in total. The molecule has 0 unspecified atom stereocenters. The summed E-state index contributed by atoms with van der Waals surface area (Å²) in [7, 11) is 0. The molecule has 8 rings (SSSR count). The van der Waals surface area contributed by atoms with Crippen molar-refractivity contribution in [3.8, 4) is 0 Å². The monoisotopic (exact) mass is 399 g/mol. The summed E-state index contributed by atoms with van der Waals surface area (Å²) < 4.78 is 14.6. The lowest BCUT2D eigenvalue weighted by atomic mass is 10.0. The molecule has 0 aliphatic carbocycles. The van der Waals surface area contributed by atoms with Crippen LogP contribution in [0.25, 0.3) is 71.3 Å². The number of hydrogen-bond acceptors (Lipinski definition) is 4. The Balaban J connectivity index is 1.77. The Morgan fingerprint density at radius 3 is 2.32 bits per heavy atom. The van der Waals surface area contributed by atoms with E-state index in [-0.39, 0.29) is 0 Å². The second-order valence-corrected chi connectivity index (χ2v) is 7.87. The van der Waals surface area contributed by atoms with Gasteiger partial charge in [0.25, 0.3) is 0 Å². The van der Waals surface area contributed by atoms with Gasteiger partial charge in [-0.15, -0.1) is 0 Å². The maximum absolute atomic E-state index is 6.33. The molecule has 5 nitrogen and oxygen atoms in total. The number of para-hydroxylation sites is 1. The summed E-state index contributed by atoms with van der Waals surface area (Å²) in [6, 6.07) is 20.3. The number of rotatable bonds is 0. The summed E-state index contributed by atoms with van der Waals surface area (Å²) in [5.74, 6) is 0. The molecule has 3 aromatic carbocycles. The van der Waals surface area contributed by atoms with Crippen LogP contribution in [0.3, 0.4) is 0 Å². The second kappa shape index (κ2) is 5.21. The summed E-state index contributed by atoms with van der Waals surface area (Å²) in [5, 5.41) is 6.39. The summed E-state index contributed by atoms with van der Waals surface area (Å²) in [4.78, 5) is 9.35. The minimum absolute atomic E-state index is 0.838. The maximum atomic E-state index is 6.33. The zero-order valence-electron chi connectivity index (χ0n) is 16.2. The number of hydrogen-bond donors (Lipinski definition) is 0. The first-order valence-electron chi connectivity index (χ1n) is 10.2. The molecule has 0 atom stereocenters. The van der Waals surface area contributed by atoms with E-state index in [1.54, 1.807) is 0 Å². The highest BCUT2D eigenvalue weighted by atomic mass is 16.3. The van der Waals surface area contributed by atoms with Crippen LogP contribution in [0.4, 0.5) is 0 Å². The van der Waals surface area contributed by atoms with Crippen LogP contribution in [0.1, 0.15) is 0 Å². The fraction of sp³-hybridized carbons (Fsp3) is 0. The quantitative estimate of drug-likeness (QED) is 0.262. The van der Waals surface area contributed by atoms with E-state index in [2.05, 4.69) is 27.6 Å². The first kappa shape index (κ1) is 15.5. The molecule has 8 aromatic rings. The number of pyridine rings is 2. The smallest absolute Gasteiger partial charge is 0.146 e. The number of imidazole rings is 1. The summed E-state index contributed by atoms with van der Waals surface area (Å²) in [6.45, 7) is 0. The third-order valence-corrected chi connectivity index (χ3v) is 6.30. The Kier molecular flexibility index (Phi) is 2.60. The highest BCUT2D eigenvalue weighted by Gasteiger charge is 2.20. The van der Waals surface area contributed by atoms with E-state index < -0.39 is 0 Å². The van der Waals surface area contributed by atoms with E-state index in [1.807, 2.05) is 61.1 Å². The summed E-state index contributed by atoms with van der Waals surface area (Å²) in [6.07, 6.45) is 5.68. The average Bonchev–Trinajstić information content (AvgIpc) is 3.53. The fourth-order valence-corrected chi connectivity index (χ4v) is 5.07. The maximum Gasteiger partial charge on any atom is 0.146 e. The van der Waals surface area contributed by atoms with Crippen LogP contribution < -0.4 is 0 Å². The molecular weight excluding hydrogens is 386 g/mol. The average molecular weight is 399 g/mol. The zero-order chi connectivity index (χ0) is 20.1. The molecule has 0 radical (unpaired) electrons. The summed E-state index contributed by atoms with van der Waals surface area (Å²) >= 11 is 0. The van der Waals surface area contributed by atoms with Crippen molar-refractivity contribution in [3.63, 3.8) is 0 Å². The van der Waals surface area contributed by atoms with Crippen LogP contribution >= 0.6 is 0 Å². The van der Waals surface area contributed by atoms with E-state index in [4.69, 9.17) is 13.8 Å². The van der Waals surface area contributed by atoms with Crippen molar-refractivity contribution < 1.29 is 8.83 Å². The Morgan fingerprint density at radius 2 is 1.35 bits per heavy atom. The standard InChI is InChI=1S/C26H13N3O2/c1-2-6-17-14(4-1)21-18(30-17)9-10-19-22(21)23-20(31-19)8-7-15-24-16(5-3-11-27-24)26-28-12-13-29(26)25(15)23/h1-13H. The van der Waals surface area contributed by atoms with E-state index >= 15 is 0 Å². The topological polar surface area (TPSA) is 56.5 Å². The number of aromatic nitrogens is 3. The summed E-state index contributed by atoms with van der Waals surface area (Å²) in [5.41, 5.74) is 6.29. The SMILES string of the molecule is c1ccc2c(c1)oc1ccc3oc4ccc5c6ncccc6c6nccn6c5c4c3c12. The third kappa shape index (κ3) is 1.78. The van der Waals surface area contributed by atoms with Crippen molar-refractivity contribution in [2.45, 2.75) is 0 Å². The van der Waals surface area contributed by atoms with Gasteiger partial charge >= 0.3 is 0 Å². The van der Waals surface area contributed by atoms with E-state index in [9.17, 15) is 0 Å². The van der Waals surface area contributed by atoms with Crippen molar-refractivity contribution in [1.82, 2.24) is 14.4 Å². The van der Waals surface area contributed by atoms with Gasteiger partial charge in [-0.2, -0.15) is 0 Å². The lowest BCUT2D eigenvalue weighted by molar-refractivity contribution is 0.663. The zero-order valence-corrected chi connectivity index (χ0v) is 16.2. The van der Waals surface area contributed by atoms with Crippen LogP contribution in [0.2, 0.25) is 0 Å². The lowest BCUT2D eigenvalue weighted by Crippen LogP contribution is -1.92. The van der Waals surface area contributed by atoms with Crippen LogP contribution in [0.15, 0.2) is 88.1 Å². The molecule has 5 aromatic heterocycles. The highest BCUT2D eigenvalue weighted by Crippen LogP contribution is 2.43. The molecule has 0 spiro atoms. The van der Waals surface area contributed by atoms with Crippen molar-refractivity contribution in [3.05, 3.63) is 79.3 Å². The van der Waals surface area contributed by atoms with Gasteiger partial charge < -0.3 is 8.83 Å². The predicted octanol–water partition coefficient (Wildman–Crippen LogP) is 6.83. The van der Waals surface area contributed by atoms with Gasteiger partial charge in [-0.05, 0) is 42.5 Å². The minimum atomic E-state index is 0.838. The van der Waals surface area contributed by atoms with Crippen LogP contribution in [0.5, 0.6) is 0 Å². The molecule has 144 valence electrons. The Labute approximate surface area is 174 Å². The molecule has 5 heteroatoms. The van der Waals surface area contributed by atoms with Crippen molar-refractivity contribution >= 4 is 71.3 Å². The van der Waals surface area contributed by atoms with Crippen molar-refractivity contribution in [2.75, 3.05) is 0 Å². The third-order valence-electron chi connectivity index (χ3n) is 6.30. The number of nitrogens with zero attached hydrogens (tertiary/aromatic N) is 3. The normalized spacial score (nSPS) is 12.5. The first-order valence-corrected chi connectivity index (χ1v) is 10.2. The Hall–Kier alpha value is -4.38. The van der Waals surface area contributed by atoms with Gasteiger partial charge in [0.05, 0.1) is 16.4 Å². The van der Waals surface area contributed by atoms with Gasteiger partial charge in [-0.1, -0.05) is 18.2 Å². The molecule has 31 heavy (non-hydrogen) atoms. The fourth-order valence-electron chi connectivity index (χ4n) is 5.07. The molecule has 0 fully saturated rings. The second-order valence-electron chi connectivity index (χ2n) is 7.87. The molecule has 0 saturated heterocycles. The number of benzene rings is 3. The highest BCUT2D eigenvalue weighted by molar-refractivity contribution is 6.31. The minimum Gasteiger partial charge on any atom is -0.456 e. The van der Waals surface area contributed by atoms with Gasteiger partial charge in [0.15, 0.2) is 0 Å².